The summed E-state index contributed by atoms with van der Waals surface area (Å²) in [7, 11) is 15.7. The van der Waals surface area contributed by atoms with Crippen LogP contribution in [0.1, 0.15) is 66.8 Å². The average Bonchev–Trinajstić information content (AvgIpc) is 0.840. The molecule has 0 aliphatic carbocycles. The number of nitrogen functional groups attached to an aromatic ring is 1. The van der Waals surface area contributed by atoms with E-state index in [-0.39, 0.29) is 75.9 Å². The van der Waals surface area contributed by atoms with Crippen LogP contribution in [0.4, 0.5) is 28.4 Å². The quantitative estimate of drug-likeness (QED) is 0.00267. The molecule has 0 unspecified atom stereocenters. The summed E-state index contributed by atoms with van der Waals surface area (Å²) in [6.07, 6.45) is 28.3. The van der Waals surface area contributed by atoms with E-state index in [0.29, 0.717) is 40.0 Å². The fraction of sp³-hybridized carbons (Fsp3) is 0.172. The molecule has 0 spiro atoms. The van der Waals surface area contributed by atoms with Gasteiger partial charge in [-0.25, -0.2) is 54.8 Å². The molecule has 28 nitrogen and oxygen atoms in total. The van der Waals surface area contributed by atoms with Gasteiger partial charge in [-0.05, 0) is 185 Å². The van der Waals surface area contributed by atoms with Crippen molar-refractivity contribution in [2.45, 2.75) is 23.6 Å². The van der Waals surface area contributed by atoms with E-state index in [9.17, 15) is 16.8 Å². The number of benzene rings is 7. The Morgan fingerprint density at radius 3 is 0.883 bits per heavy atom. The molecule has 0 saturated heterocycles. The summed E-state index contributed by atoms with van der Waals surface area (Å²) in [5.74, 6) is 1.93. The Bertz CT molecular complexity index is 5450. The summed E-state index contributed by atoms with van der Waals surface area (Å²) in [5, 5.41) is 58.2. The minimum atomic E-state index is -3.79. The molecule has 128 heavy (non-hydrogen) atoms. The zero-order chi connectivity index (χ0) is 93.2. The van der Waals surface area contributed by atoms with Gasteiger partial charge in [-0.2, -0.15) is 8.42 Å². The molecule has 5 aromatic heterocycles. The number of aliphatic hydroxyl groups is 5. The van der Waals surface area contributed by atoms with Gasteiger partial charge in [0.1, 0.15) is 38.2 Å². The van der Waals surface area contributed by atoms with Gasteiger partial charge in [-0.1, -0.05) is 174 Å². The summed E-state index contributed by atoms with van der Waals surface area (Å²) in [6, 6.07) is 70.1. The number of aryl methyl sites for hydroxylation is 2. The van der Waals surface area contributed by atoms with Gasteiger partial charge < -0.3 is 60.0 Å². The van der Waals surface area contributed by atoms with Gasteiger partial charge in [0.2, 0.25) is 23.5 Å². The molecule has 0 saturated carbocycles. The maximum absolute atomic E-state index is 12.1. The SMILES string of the molecule is CN(C)c1ccc(/C=C/c2ccc(OCCO)nc2)cc1.Cc1ccc(S(=O)(=O)Cl)cc1.Cc1ccc(S(=O)(=O)OCCOc2ccc(/C=C/c3ccc(N(C)C)cc3)cn2)cc1.Nc1ccc(/C=C/c2ccc(OCCO)nc2)cc1.OCCO.OCCOc1ccc(/C=C/c2ccc(NOO)cc2)cn1.OONc1ccc(/C=C/c2ccc(Cl)nc2)cc1.[Cl][Sn][Cl]. The van der Waals surface area contributed by atoms with E-state index in [1.54, 1.807) is 110 Å². The molecular weight excluding hydrogens is 1870 g/mol. The number of ether oxygens (including phenoxy) is 4. The first-order valence-electron chi connectivity index (χ1n) is 38.8. The van der Waals surface area contributed by atoms with E-state index in [0.717, 1.165) is 78.1 Å². The molecular formula is C93H102Cl4N10O18S2Sn. The number of aliphatic hydroxyl groups excluding tert-OH is 5. The summed E-state index contributed by atoms with van der Waals surface area (Å²) >= 11 is 4.88. The van der Waals surface area contributed by atoms with Crippen molar-refractivity contribution in [3.63, 3.8) is 0 Å². The minimum absolute atomic E-state index is 0.00766. The van der Waals surface area contributed by atoms with Crippen LogP contribution < -0.4 is 45.4 Å². The molecule has 35 heteroatoms. The summed E-state index contributed by atoms with van der Waals surface area (Å²) < 4.78 is 71.8. The third kappa shape index (κ3) is 45.4. The Labute approximate surface area is 773 Å². The topological polar surface area (TPSA) is 396 Å². The Balaban J connectivity index is 0.000000273. The molecule has 0 aliphatic rings. The average molecular weight is 1970 g/mol. The van der Waals surface area contributed by atoms with E-state index in [1.165, 1.54) is 30.0 Å². The Morgan fingerprint density at radius 1 is 0.359 bits per heavy atom. The first-order chi connectivity index (χ1) is 61.7. The number of pyridine rings is 5. The number of aromatic nitrogens is 5. The van der Waals surface area contributed by atoms with Crippen molar-refractivity contribution in [3.8, 4) is 23.5 Å². The molecule has 12 rings (SSSR count). The number of nitrogens with two attached hydrogens (primary N) is 1. The van der Waals surface area contributed by atoms with Crippen molar-refractivity contribution >= 4 is 167 Å². The van der Waals surface area contributed by atoms with Crippen molar-refractivity contribution in [2.75, 3.05) is 121 Å². The van der Waals surface area contributed by atoms with Crippen LogP contribution in [-0.2, 0) is 33.3 Å². The van der Waals surface area contributed by atoms with Crippen molar-refractivity contribution in [1.29, 1.82) is 0 Å². The van der Waals surface area contributed by atoms with Crippen LogP contribution in [0.3, 0.4) is 0 Å². The monoisotopic (exact) mass is 1970 g/mol. The molecule has 0 aliphatic heterocycles. The van der Waals surface area contributed by atoms with Crippen LogP contribution in [0.15, 0.2) is 271 Å². The fourth-order valence-corrected chi connectivity index (χ4v) is 11.5. The first kappa shape index (κ1) is 107. The normalized spacial score (nSPS) is 10.8. The van der Waals surface area contributed by atoms with Gasteiger partial charge in [0, 0.05) is 111 Å². The second-order valence-electron chi connectivity index (χ2n) is 26.5. The summed E-state index contributed by atoms with van der Waals surface area (Å²) in [6.45, 7) is 4.21. The molecule has 2 radical (unpaired) electrons. The van der Waals surface area contributed by atoms with Gasteiger partial charge >= 0.3 is 36.7 Å². The molecule has 0 atom stereocenters. The Kier molecular flexibility index (Phi) is 51.9. The second-order valence-corrected chi connectivity index (χ2v) is 35.3. The van der Waals surface area contributed by atoms with E-state index >= 15 is 0 Å². The van der Waals surface area contributed by atoms with Crippen molar-refractivity contribution in [3.05, 3.63) is 333 Å². The van der Waals surface area contributed by atoms with Gasteiger partial charge in [0.25, 0.3) is 19.2 Å². The molecule has 676 valence electrons. The number of halogens is 4. The molecule has 12 aromatic rings. The van der Waals surface area contributed by atoms with E-state index < -0.39 is 38.1 Å². The van der Waals surface area contributed by atoms with E-state index in [1.807, 2.05) is 182 Å². The summed E-state index contributed by atoms with van der Waals surface area (Å²) in [5.41, 5.74) is 26.8. The van der Waals surface area contributed by atoms with Gasteiger partial charge in [0.05, 0.1) is 54.2 Å². The standard InChI is InChI=1S/C24H26N2O4S.C17H20N2O2.C15H16N2O4.C15H16N2O2.C13H11ClN2O2.C7H7ClO2S.C2H6O2.2ClH.Sn/c1-19-4-13-23(14-5-19)31(27,28)30-17-16-29-24-15-10-21(18-25-24)7-6-20-8-11-22(12-9-20)26(2)3;1-19(2)16-8-5-14(6-9-16)3-4-15-7-10-17(18-13-15)21-12-11-20;18-9-10-20-15-8-5-13(11-16-15)2-1-12-3-6-14(7-4-12)17-21-19;16-14-6-3-12(4-7-14)1-2-13-5-8-15(17-11-13)19-10-9-18;14-13-8-5-11(9-15-13)2-1-10-3-6-12(7-4-10)16-18-17;1-6-2-4-7(5-3-6)11(8,9)10;3-1-2-4;;;/h4-15,18H,16-17H2,1-3H3;3-10,13,20H,11-12H2,1-2H3;1-8,11,17-19H,9-10H2;1-8,11,18H,9-10,16H2;1-9,16-17H;2-5H,1H3;3-4H,1-2H2;2*1H;/q;;;;;;;;;+2/p-2/b7-6+;4-3+;3*2-1+;;;;;. The van der Waals surface area contributed by atoms with E-state index in [2.05, 4.69) is 104 Å². The third-order valence-corrected chi connectivity index (χ3v) is 19.3. The van der Waals surface area contributed by atoms with Crippen molar-refractivity contribution in [1.82, 2.24) is 24.9 Å². The number of hydrogen-bond donors (Lipinski definition) is 10. The van der Waals surface area contributed by atoms with Crippen LogP contribution in [0.2, 0.25) is 5.15 Å². The number of hydrogen-bond acceptors (Lipinski definition) is 28. The van der Waals surface area contributed by atoms with Crippen LogP contribution in [0, 0.1) is 13.8 Å². The Hall–Kier alpha value is -11.4. The maximum atomic E-state index is 12.1. The molecule has 0 amide bonds. The van der Waals surface area contributed by atoms with Crippen LogP contribution >= 0.6 is 40.1 Å². The molecule has 5 heterocycles. The summed E-state index contributed by atoms with van der Waals surface area (Å²) in [4.78, 5) is 32.7. The predicted octanol–water partition coefficient (Wildman–Crippen LogP) is 17.4. The zero-order valence-electron chi connectivity index (χ0n) is 70.8. The van der Waals surface area contributed by atoms with Gasteiger partial charge in [-0.15, -0.1) is 9.98 Å². The van der Waals surface area contributed by atoms with Crippen LogP contribution in [-0.4, -0.2) is 191 Å². The molecule has 11 N–H and O–H groups in total. The molecule has 7 aromatic carbocycles. The van der Waals surface area contributed by atoms with Gasteiger partial charge in [0.15, 0.2) is 0 Å². The zero-order valence-corrected chi connectivity index (χ0v) is 78.3. The van der Waals surface area contributed by atoms with Crippen molar-refractivity contribution in [2.24, 2.45) is 0 Å². The molecule has 0 fully saturated rings. The second kappa shape index (κ2) is 61.9. The van der Waals surface area contributed by atoms with E-state index in [4.69, 9.17) is 105 Å². The number of nitrogens with one attached hydrogen (secondary N) is 2. The first-order valence-corrected chi connectivity index (χ1v) is 50.1. The number of anilines is 5. The molecule has 0 bridgehead atoms. The third-order valence-electron chi connectivity index (χ3n) is 16.3. The van der Waals surface area contributed by atoms with Gasteiger partial charge in [-0.3, -0.25) is 4.18 Å². The predicted molar refractivity (Wildman–Crippen MR) is 514 cm³/mol. The fourth-order valence-electron chi connectivity index (χ4n) is 9.77. The van der Waals surface area contributed by atoms with Crippen LogP contribution in [0.25, 0.3) is 60.8 Å². The van der Waals surface area contributed by atoms with Crippen LogP contribution in [0.5, 0.6) is 23.5 Å². The number of nitrogens with zero attached hydrogens (tertiary/aromatic N) is 7. The Morgan fingerprint density at radius 2 is 0.625 bits per heavy atom. The van der Waals surface area contributed by atoms with Crippen molar-refractivity contribution < 1.29 is 86.0 Å². The number of rotatable bonds is 33.